The molecule has 1 aromatic carbocycles. The van der Waals surface area contributed by atoms with Gasteiger partial charge >= 0.3 is 0 Å². The van der Waals surface area contributed by atoms with Crippen LogP contribution in [0.4, 0.5) is 5.69 Å². The molecule has 0 radical (unpaired) electrons. The van der Waals surface area contributed by atoms with Crippen molar-refractivity contribution in [1.29, 1.82) is 0 Å². The number of hydrogen-bond acceptors (Lipinski definition) is 3. The second-order valence-electron chi connectivity index (χ2n) is 4.70. The number of amides is 1. The molecule has 6 heteroatoms. The zero-order valence-corrected chi connectivity index (χ0v) is 11.1. The van der Waals surface area contributed by atoms with Crippen molar-refractivity contribution in [3.63, 3.8) is 0 Å². The molecule has 0 spiro atoms. The van der Waals surface area contributed by atoms with Crippen molar-refractivity contribution in [2.45, 2.75) is 25.3 Å². The Kier molecular flexibility index (Phi) is 4.37. The molecule has 0 aromatic heterocycles. The summed E-state index contributed by atoms with van der Waals surface area (Å²) in [5.74, 6) is 0.365. The molecule has 0 aliphatic heterocycles. The maximum absolute atomic E-state index is 12.1. The number of benzene rings is 1. The van der Waals surface area contributed by atoms with E-state index >= 15 is 0 Å². The molecule has 1 aliphatic rings. The van der Waals surface area contributed by atoms with E-state index in [1.54, 1.807) is 12.1 Å². The quantitative estimate of drug-likeness (QED) is 0.524. The number of carbonyl (C=O) groups is 1. The summed E-state index contributed by atoms with van der Waals surface area (Å²) in [7, 11) is 0. The summed E-state index contributed by atoms with van der Waals surface area (Å²) in [6.07, 6.45) is 2.90. The Balaban J connectivity index is 2.14. The van der Waals surface area contributed by atoms with Crippen LogP contribution in [0.25, 0.3) is 0 Å². The molecule has 0 bridgehead atoms. The third kappa shape index (κ3) is 3.04. The summed E-state index contributed by atoms with van der Waals surface area (Å²) < 4.78 is 0. The summed E-state index contributed by atoms with van der Waals surface area (Å²) in [5.41, 5.74) is -0.0619. The van der Waals surface area contributed by atoms with Crippen molar-refractivity contribution in [3.8, 4) is 0 Å². The Hall–Kier alpha value is -1.62. The topological polar surface area (TPSA) is 72.2 Å². The van der Waals surface area contributed by atoms with Gasteiger partial charge < -0.3 is 5.32 Å². The molecule has 1 aromatic rings. The third-order valence-electron chi connectivity index (χ3n) is 3.52. The van der Waals surface area contributed by atoms with Gasteiger partial charge in [-0.2, -0.15) is 0 Å². The Morgan fingerprint density at radius 1 is 1.42 bits per heavy atom. The Labute approximate surface area is 116 Å². The Bertz CT molecular complexity index is 493. The van der Waals surface area contributed by atoms with Crippen molar-refractivity contribution < 1.29 is 9.72 Å². The minimum atomic E-state index is -0.539. The molecule has 1 N–H and O–H groups in total. The van der Waals surface area contributed by atoms with Gasteiger partial charge in [-0.05, 0) is 24.8 Å². The van der Waals surface area contributed by atoms with Gasteiger partial charge in [0.05, 0.1) is 4.92 Å². The zero-order valence-electron chi connectivity index (χ0n) is 10.3. The van der Waals surface area contributed by atoms with E-state index < -0.39 is 10.8 Å². The number of hydrogen-bond donors (Lipinski definition) is 1. The zero-order chi connectivity index (χ0) is 13.8. The second-order valence-corrected chi connectivity index (χ2v) is 5.01. The number of para-hydroxylation sites is 1. The molecule has 0 saturated heterocycles. The Morgan fingerprint density at radius 2 is 2.16 bits per heavy atom. The highest BCUT2D eigenvalue weighted by Crippen LogP contribution is 2.27. The van der Waals surface area contributed by atoms with Crippen LogP contribution in [0.5, 0.6) is 0 Å². The standard InChI is InChI=1S/C13H15ClN2O3/c14-8-9-4-3-6-11(9)15-13(17)10-5-1-2-7-12(10)16(18)19/h1-2,5,7,9,11H,3-4,6,8H2,(H,15,17). The van der Waals surface area contributed by atoms with E-state index in [1.807, 2.05) is 0 Å². The lowest BCUT2D eigenvalue weighted by molar-refractivity contribution is -0.385. The highest BCUT2D eigenvalue weighted by molar-refractivity contribution is 6.18. The fraction of sp³-hybridized carbons (Fsp3) is 0.462. The Morgan fingerprint density at radius 3 is 2.84 bits per heavy atom. The first-order chi connectivity index (χ1) is 9.13. The maximum atomic E-state index is 12.1. The molecule has 5 nitrogen and oxygen atoms in total. The van der Waals surface area contributed by atoms with Crippen LogP contribution >= 0.6 is 11.6 Å². The lowest BCUT2D eigenvalue weighted by atomic mass is 10.1. The fourth-order valence-corrected chi connectivity index (χ4v) is 2.85. The van der Waals surface area contributed by atoms with Gasteiger partial charge in [0, 0.05) is 18.0 Å². The largest absolute Gasteiger partial charge is 0.349 e. The minimum Gasteiger partial charge on any atom is -0.349 e. The van der Waals surface area contributed by atoms with E-state index in [1.165, 1.54) is 12.1 Å². The molecule has 1 aliphatic carbocycles. The van der Waals surface area contributed by atoms with Gasteiger partial charge in [0.1, 0.15) is 5.56 Å². The number of rotatable bonds is 4. The molecule has 1 saturated carbocycles. The molecular formula is C13H15ClN2O3. The fourth-order valence-electron chi connectivity index (χ4n) is 2.48. The predicted molar refractivity (Wildman–Crippen MR) is 72.4 cm³/mol. The first kappa shape index (κ1) is 13.8. The van der Waals surface area contributed by atoms with Crippen LogP contribution in [-0.2, 0) is 0 Å². The molecule has 1 fully saturated rings. The van der Waals surface area contributed by atoms with Gasteiger partial charge in [0.25, 0.3) is 11.6 Å². The number of carbonyl (C=O) groups excluding carboxylic acids is 1. The van der Waals surface area contributed by atoms with E-state index in [4.69, 9.17) is 11.6 Å². The van der Waals surface area contributed by atoms with Gasteiger partial charge in [0.15, 0.2) is 0 Å². The molecule has 1 amide bonds. The molecule has 2 rings (SSSR count). The number of nitro groups is 1. The van der Waals surface area contributed by atoms with Crippen LogP contribution < -0.4 is 5.32 Å². The number of nitrogens with zero attached hydrogens (tertiary/aromatic N) is 1. The monoisotopic (exact) mass is 282 g/mol. The second kappa shape index (κ2) is 6.02. The molecule has 2 atom stereocenters. The molecule has 102 valence electrons. The lowest BCUT2D eigenvalue weighted by Gasteiger charge is -2.18. The summed E-state index contributed by atoms with van der Waals surface area (Å²) in [6.45, 7) is 0. The third-order valence-corrected chi connectivity index (χ3v) is 3.92. The lowest BCUT2D eigenvalue weighted by Crippen LogP contribution is -2.38. The van der Waals surface area contributed by atoms with Crippen molar-refractivity contribution in [2.75, 3.05) is 5.88 Å². The van der Waals surface area contributed by atoms with Crippen molar-refractivity contribution in [1.82, 2.24) is 5.32 Å². The summed E-state index contributed by atoms with van der Waals surface area (Å²) >= 11 is 5.85. The summed E-state index contributed by atoms with van der Waals surface area (Å²) in [4.78, 5) is 22.5. The van der Waals surface area contributed by atoms with E-state index in [0.717, 1.165) is 19.3 Å². The van der Waals surface area contributed by atoms with Crippen molar-refractivity contribution >= 4 is 23.2 Å². The highest BCUT2D eigenvalue weighted by Gasteiger charge is 2.29. The van der Waals surface area contributed by atoms with Crippen LogP contribution in [0.1, 0.15) is 29.6 Å². The van der Waals surface area contributed by atoms with Gasteiger partial charge in [-0.25, -0.2) is 0 Å². The SMILES string of the molecule is O=C(NC1CCCC1CCl)c1ccccc1[N+](=O)[O-]. The average molecular weight is 283 g/mol. The van der Waals surface area contributed by atoms with Gasteiger partial charge in [-0.1, -0.05) is 18.6 Å². The van der Waals surface area contributed by atoms with Crippen LogP contribution in [0, 0.1) is 16.0 Å². The van der Waals surface area contributed by atoms with Crippen LogP contribution in [0.15, 0.2) is 24.3 Å². The van der Waals surface area contributed by atoms with Crippen molar-refractivity contribution in [2.24, 2.45) is 5.92 Å². The number of halogens is 1. The van der Waals surface area contributed by atoms with Crippen LogP contribution in [-0.4, -0.2) is 22.8 Å². The molecule has 19 heavy (non-hydrogen) atoms. The van der Waals surface area contributed by atoms with Crippen LogP contribution in [0.2, 0.25) is 0 Å². The first-order valence-corrected chi connectivity index (χ1v) is 6.77. The summed E-state index contributed by atoms with van der Waals surface area (Å²) in [5, 5.41) is 13.8. The van der Waals surface area contributed by atoms with Gasteiger partial charge in [-0.3, -0.25) is 14.9 Å². The first-order valence-electron chi connectivity index (χ1n) is 6.23. The van der Waals surface area contributed by atoms with E-state index in [-0.39, 0.29) is 23.2 Å². The average Bonchev–Trinajstić information content (AvgIpc) is 2.85. The smallest absolute Gasteiger partial charge is 0.282 e. The van der Waals surface area contributed by atoms with Gasteiger partial charge in [0.2, 0.25) is 0 Å². The summed E-state index contributed by atoms with van der Waals surface area (Å²) in [6, 6.07) is 5.99. The number of nitrogens with one attached hydrogen (secondary N) is 1. The van der Waals surface area contributed by atoms with Crippen molar-refractivity contribution in [3.05, 3.63) is 39.9 Å². The molecule has 0 heterocycles. The molecule has 2 unspecified atom stereocenters. The number of alkyl halides is 1. The van der Waals surface area contributed by atoms with E-state index in [9.17, 15) is 14.9 Å². The predicted octanol–water partition coefficient (Wildman–Crippen LogP) is 2.73. The van der Waals surface area contributed by atoms with E-state index in [2.05, 4.69) is 5.32 Å². The van der Waals surface area contributed by atoms with Crippen LogP contribution in [0.3, 0.4) is 0 Å². The minimum absolute atomic E-state index is 0.0183. The highest BCUT2D eigenvalue weighted by atomic mass is 35.5. The maximum Gasteiger partial charge on any atom is 0.282 e. The van der Waals surface area contributed by atoms with E-state index in [0.29, 0.717) is 5.88 Å². The normalized spacial score (nSPS) is 22.2. The molecular weight excluding hydrogens is 268 g/mol. The van der Waals surface area contributed by atoms with Gasteiger partial charge in [-0.15, -0.1) is 11.6 Å². The number of nitro benzene ring substituents is 1.